The van der Waals surface area contributed by atoms with Gasteiger partial charge in [-0.25, -0.2) is 14.4 Å². The molecule has 4 rings (SSSR count). The number of benzene rings is 2. The monoisotopic (exact) mass is 481 g/mol. The van der Waals surface area contributed by atoms with Crippen molar-refractivity contribution < 1.29 is 27.9 Å². The molecule has 3 aromatic rings. The van der Waals surface area contributed by atoms with Crippen LogP contribution in [0.4, 0.5) is 0 Å². The lowest BCUT2D eigenvalue weighted by Gasteiger charge is -2.19. The maximum atomic E-state index is 12.8. The van der Waals surface area contributed by atoms with Crippen LogP contribution in [-0.4, -0.2) is 40.3 Å². The molecule has 1 aliphatic rings. The number of aryl methyl sites for hydroxylation is 3. The van der Waals surface area contributed by atoms with Crippen LogP contribution in [0.15, 0.2) is 64.3 Å². The summed E-state index contributed by atoms with van der Waals surface area (Å²) in [4.78, 5) is 51.9. The Bertz CT molecular complexity index is 1440. The summed E-state index contributed by atoms with van der Waals surface area (Å²) in [5.41, 5.74) is 0.00804. The third-order valence-electron chi connectivity index (χ3n) is 5.67. The Morgan fingerprint density at radius 1 is 1.03 bits per heavy atom. The highest BCUT2D eigenvalue weighted by molar-refractivity contribution is 5.90. The Balaban J connectivity index is 1.58. The molecule has 0 aliphatic carbocycles. The Kier molecular flexibility index (Phi) is 5.89. The van der Waals surface area contributed by atoms with Crippen LogP contribution in [0.1, 0.15) is 54.2 Å². The zero-order valence-corrected chi connectivity index (χ0v) is 19.1. The first-order valence-electron chi connectivity index (χ1n) is 12.5. The molecule has 1 aromatic heterocycles. The van der Waals surface area contributed by atoms with Gasteiger partial charge >= 0.3 is 17.6 Å². The molecule has 2 heterocycles. The lowest BCUT2D eigenvalue weighted by atomic mass is 10.1. The van der Waals surface area contributed by atoms with Crippen LogP contribution in [0.2, 0.25) is 0 Å². The summed E-state index contributed by atoms with van der Waals surface area (Å²) in [5, 5.41) is 0. The van der Waals surface area contributed by atoms with Gasteiger partial charge in [-0.2, -0.15) is 0 Å². The van der Waals surface area contributed by atoms with E-state index in [1.54, 1.807) is 48.5 Å². The predicted octanol–water partition coefficient (Wildman–Crippen LogP) is 2.83. The van der Waals surface area contributed by atoms with Gasteiger partial charge in [0.05, 0.1) is 11.1 Å². The van der Waals surface area contributed by atoms with Crippen LogP contribution < -0.4 is 11.2 Å². The van der Waals surface area contributed by atoms with Crippen LogP contribution in [0, 0.1) is 20.7 Å². The lowest BCUT2D eigenvalue weighted by molar-refractivity contribution is -0.0582. The first-order valence-corrected chi connectivity index (χ1v) is 11.0. The van der Waals surface area contributed by atoms with E-state index in [1.807, 2.05) is 18.8 Å². The van der Waals surface area contributed by atoms with Gasteiger partial charge in [-0.15, -0.1) is 0 Å². The first-order chi connectivity index (χ1) is 17.9. The molecule has 1 unspecified atom stereocenters. The van der Waals surface area contributed by atoms with Crippen molar-refractivity contribution >= 4 is 11.9 Å². The second-order valence-electron chi connectivity index (χ2n) is 8.35. The molecule has 9 heteroatoms. The van der Waals surface area contributed by atoms with Crippen LogP contribution in [0.25, 0.3) is 0 Å². The molecule has 182 valence electrons. The van der Waals surface area contributed by atoms with E-state index < -0.39 is 54.0 Å². The third kappa shape index (κ3) is 5.58. The highest BCUT2D eigenvalue weighted by atomic mass is 16.6. The zero-order valence-electron chi connectivity index (χ0n) is 22.1. The van der Waals surface area contributed by atoms with Crippen molar-refractivity contribution in [3.05, 3.63) is 103 Å². The second-order valence-corrected chi connectivity index (χ2v) is 8.35. The number of carbonyl (C=O) groups is 2. The van der Waals surface area contributed by atoms with Crippen LogP contribution in [0.5, 0.6) is 0 Å². The summed E-state index contributed by atoms with van der Waals surface area (Å²) in [5.74, 6) is -1.27. The largest absolute Gasteiger partial charge is 0.459 e. The number of carbonyl (C=O) groups excluding carboxylic acids is 2. The van der Waals surface area contributed by atoms with Crippen molar-refractivity contribution in [1.29, 1.82) is 0 Å². The summed E-state index contributed by atoms with van der Waals surface area (Å²) in [6, 6.07) is 13.5. The molecule has 1 saturated heterocycles. The molecule has 1 N–H and O–H groups in total. The van der Waals surface area contributed by atoms with E-state index in [0.717, 1.165) is 21.9 Å². The van der Waals surface area contributed by atoms with Gasteiger partial charge in [0.1, 0.15) is 25.0 Å². The molecule has 0 saturated carbocycles. The van der Waals surface area contributed by atoms with Crippen molar-refractivity contribution in [1.82, 2.24) is 9.55 Å². The number of ether oxygens (including phenoxy) is 3. The lowest BCUT2D eigenvalue weighted by Crippen LogP contribution is -2.33. The van der Waals surface area contributed by atoms with Gasteiger partial charge in [0, 0.05) is 22.3 Å². The quantitative estimate of drug-likeness (QED) is 0.538. The third-order valence-corrected chi connectivity index (χ3v) is 5.67. The Labute approximate surface area is 205 Å². The fourth-order valence-electron chi connectivity index (χ4n) is 3.67. The highest BCUT2D eigenvalue weighted by Gasteiger charge is 2.40. The number of hydrogen-bond acceptors (Lipinski definition) is 7. The first kappa shape index (κ1) is 20.4. The van der Waals surface area contributed by atoms with Gasteiger partial charge in [0.2, 0.25) is 0 Å². The van der Waals surface area contributed by atoms with Crippen molar-refractivity contribution in [3.8, 4) is 0 Å². The Morgan fingerprint density at radius 3 is 2.23 bits per heavy atom. The van der Waals surface area contributed by atoms with Crippen LogP contribution in [-0.2, 0) is 14.2 Å². The van der Waals surface area contributed by atoms with E-state index in [4.69, 9.17) is 18.3 Å². The topological polar surface area (TPSA) is 117 Å². The van der Waals surface area contributed by atoms with Gasteiger partial charge < -0.3 is 14.2 Å². The van der Waals surface area contributed by atoms with Gasteiger partial charge in [0.15, 0.2) is 0 Å². The number of aromatic amines is 1. The number of H-pyrrole nitrogens is 1. The molecule has 35 heavy (non-hydrogen) atoms. The normalized spacial score (nSPS) is 21.0. The average Bonchev–Trinajstić information content (AvgIpc) is 3.24. The summed E-state index contributed by atoms with van der Waals surface area (Å²) in [6.07, 6.45) is -2.16. The van der Waals surface area contributed by atoms with Gasteiger partial charge in [-0.1, -0.05) is 35.4 Å². The van der Waals surface area contributed by atoms with Crippen LogP contribution in [0.3, 0.4) is 0 Å². The molecule has 9 nitrogen and oxygen atoms in total. The molecule has 0 spiro atoms. The summed E-state index contributed by atoms with van der Waals surface area (Å²) in [7, 11) is 0. The smallest absolute Gasteiger partial charge is 0.338 e. The summed E-state index contributed by atoms with van der Waals surface area (Å²) < 4.78 is 40.6. The van der Waals surface area contributed by atoms with Crippen LogP contribution >= 0.6 is 0 Å². The average molecular weight is 482 g/mol. The number of rotatable bonds is 6. The standard InChI is InChI=1S/C26H26N2O7/c1-15-4-8-18(9-5-15)24(30)33-14-21-20(35-25(31)19-10-6-16(2)7-11-19)12-22(34-21)28-13-17(3)23(29)27-26(28)32/h4-11,13,20-22H,12,14H2,1-3H3,(H,27,29,32)/t20?,21-,22-/m0/s1/i3D3. The van der Waals surface area contributed by atoms with Crippen molar-refractivity contribution in [3.63, 3.8) is 0 Å². The van der Waals surface area contributed by atoms with E-state index in [-0.39, 0.29) is 13.0 Å². The number of hydrogen-bond donors (Lipinski definition) is 1. The molecule has 0 radical (unpaired) electrons. The number of nitrogens with zero attached hydrogens (tertiary/aromatic N) is 1. The van der Waals surface area contributed by atoms with E-state index in [9.17, 15) is 19.2 Å². The fraction of sp³-hybridized carbons (Fsp3) is 0.308. The highest BCUT2D eigenvalue weighted by Crippen LogP contribution is 2.31. The fourth-order valence-corrected chi connectivity index (χ4v) is 3.67. The minimum atomic E-state index is -2.78. The molecular weight excluding hydrogens is 452 g/mol. The Hall–Kier alpha value is -3.98. The minimum Gasteiger partial charge on any atom is -0.459 e. The van der Waals surface area contributed by atoms with Crippen molar-refractivity contribution in [2.75, 3.05) is 6.61 Å². The molecule has 2 aromatic carbocycles. The SMILES string of the molecule is [2H]C([2H])([2H])c1cn([C@@H]2CC(OC(=O)c3ccc(C)cc3)[C@H](COC(=O)c3ccc(C)cc3)O2)c(=O)[nH]c1=O. The number of aromatic nitrogens is 2. The predicted molar refractivity (Wildman–Crippen MR) is 126 cm³/mol. The Morgan fingerprint density at radius 2 is 1.63 bits per heavy atom. The second kappa shape index (κ2) is 10.1. The summed E-state index contributed by atoms with van der Waals surface area (Å²) in [6.45, 7) is 0.671. The maximum absolute atomic E-state index is 12.8. The zero-order chi connectivity index (χ0) is 27.6. The van der Waals surface area contributed by atoms with E-state index in [2.05, 4.69) is 0 Å². The van der Waals surface area contributed by atoms with E-state index >= 15 is 0 Å². The molecule has 3 atom stereocenters. The van der Waals surface area contributed by atoms with E-state index in [1.165, 1.54) is 0 Å². The van der Waals surface area contributed by atoms with Gasteiger partial charge in [0.25, 0.3) is 5.56 Å². The van der Waals surface area contributed by atoms with Gasteiger partial charge in [-0.3, -0.25) is 14.3 Å². The van der Waals surface area contributed by atoms with Crippen molar-refractivity contribution in [2.45, 2.75) is 45.6 Å². The van der Waals surface area contributed by atoms with Gasteiger partial charge in [-0.05, 0) is 45.0 Å². The summed E-state index contributed by atoms with van der Waals surface area (Å²) >= 11 is 0. The molecular formula is C26H26N2O7. The molecule has 0 amide bonds. The molecule has 0 bridgehead atoms. The maximum Gasteiger partial charge on any atom is 0.338 e. The minimum absolute atomic E-state index is 0.0588. The van der Waals surface area contributed by atoms with Crippen molar-refractivity contribution in [2.24, 2.45) is 0 Å². The van der Waals surface area contributed by atoms with E-state index in [0.29, 0.717) is 11.1 Å². The molecule has 1 fully saturated rings. The molecule has 1 aliphatic heterocycles. The number of nitrogens with one attached hydrogen (secondary N) is 1. The number of esters is 2.